The highest BCUT2D eigenvalue weighted by Gasteiger charge is 2.20. The van der Waals surface area contributed by atoms with E-state index in [4.69, 9.17) is 0 Å². The lowest BCUT2D eigenvalue weighted by molar-refractivity contribution is 0.0942. The van der Waals surface area contributed by atoms with E-state index >= 15 is 0 Å². The van der Waals surface area contributed by atoms with Gasteiger partial charge in [0.2, 0.25) is 0 Å². The lowest BCUT2D eigenvalue weighted by atomic mass is 9.94. The molecule has 0 spiro atoms. The molecule has 1 atom stereocenters. The van der Waals surface area contributed by atoms with Crippen molar-refractivity contribution >= 4 is 5.91 Å². The van der Waals surface area contributed by atoms with Crippen LogP contribution in [0.25, 0.3) is 0 Å². The summed E-state index contributed by atoms with van der Waals surface area (Å²) in [5.74, 6) is -0.342. The minimum Gasteiger partial charge on any atom is -0.506 e. The van der Waals surface area contributed by atoms with Crippen LogP contribution < -0.4 is 5.32 Å². The number of pyridine rings is 2. The predicted octanol–water partition coefficient (Wildman–Crippen LogP) is 3.32. The molecule has 5 nitrogen and oxygen atoms in total. The van der Waals surface area contributed by atoms with Gasteiger partial charge < -0.3 is 10.4 Å². The van der Waals surface area contributed by atoms with E-state index in [-0.39, 0.29) is 17.7 Å². The maximum Gasteiger partial charge on any atom is 0.253 e. The van der Waals surface area contributed by atoms with E-state index in [0.717, 1.165) is 22.3 Å². The van der Waals surface area contributed by atoms with E-state index in [1.165, 1.54) is 18.5 Å². The van der Waals surface area contributed by atoms with Crippen molar-refractivity contribution in [1.29, 1.82) is 0 Å². The number of rotatable bonds is 4. The zero-order chi connectivity index (χ0) is 17.8. The molecule has 0 aliphatic rings. The van der Waals surface area contributed by atoms with Gasteiger partial charge in [-0.05, 0) is 48.7 Å². The summed E-state index contributed by atoms with van der Waals surface area (Å²) in [6.07, 6.45) is 6.13. The predicted molar refractivity (Wildman–Crippen MR) is 95.4 cm³/mol. The molecule has 0 aliphatic heterocycles. The van der Waals surface area contributed by atoms with Crippen molar-refractivity contribution in [3.8, 4) is 5.75 Å². The smallest absolute Gasteiger partial charge is 0.253 e. The van der Waals surface area contributed by atoms with Crippen molar-refractivity contribution < 1.29 is 9.90 Å². The quantitative estimate of drug-likeness (QED) is 0.768. The van der Waals surface area contributed by atoms with Gasteiger partial charge in [0, 0.05) is 18.6 Å². The molecule has 2 heterocycles. The van der Waals surface area contributed by atoms with E-state index < -0.39 is 0 Å². The highest BCUT2D eigenvalue weighted by molar-refractivity contribution is 5.94. The monoisotopic (exact) mass is 333 g/mol. The minimum atomic E-state index is -0.322. The number of amides is 1. The number of carbonyl (C=O) groups is 1. The second-order valence-corrected chi connectivity index (χ2v) is 5.98. The summed E-state index contributed by atoms with van der Waals surface area (Å²) in [6.45, 7) is 4.04. The molecule has 0 unspecified atom stereocenters. The zero-order valence-electron chi connectivity index (χ0n) is 14.1. The first kappa shape index (κ1) is 16.6. The number of hydrogen-bond acceptors (Lipinski definition) is 4. The maximum atomic E-state index is 12.7. The third kappa shape index (κ3) is 3.83. The molecular formula is C20H19N3O2. The highest BCUT2D eigenvalue weighted by atomic mass is 16.3. The first-order chi connectivity index (χ1) is 12.0. The Hall–Kier alpha value is -3.21. The minimum absolute atomic E-state index is 0.0418. The molecule has 0 saturated carbocycles. The number of aromatic nitrogens is 2. The van der Waals surface area contributed by atoms with Crippen LogP contribution in [0, 0.1) is 13.8 Å². The van der Waals surface area contributed by atoms with Gasteiger partial charge in [0.1, 0.15) is 5.75 Å². The van der Waals surface area contributed by atoms with Gasteiger partial charge in [-0.15, -0.1) is 0 Å². The molecule has 0 aliphatic carbocycles. The van der Waals surface area contributed by atoms with Crippen molar-refractivity contribution in [3.05, 3.63) is 89.0 Å². The third-order valence-corrected chi connectivity index (χ3v) is 4.05. The Bertz CT molecular complexity index is 894. The second kappa shape index (κ2) is 7.13. The van der Waals surface area contributed by atoms with E-state index in [9.17, 15) is 9.90 Å². The normalized spacial score (nSPS) is 11.8. The molecule has 0 radical (unpaired) electrons. The van der Waals surface area contributed by atoms with E-state index in [2.05, 4.69) is 21.4 Å². The summed E-state index contributed by atoms with van der Waals surface area (Å²) in [6, 6.07) is 11.0. The standard InChI is InChI=1S/C20H19N3O2/c1-13-3-4-14(2)18(9-13)19(15-5-7-21-8-6-15)23-20(25)16-10-17(24)12-22-11-16/h3-12,19,24H,1-2H3,(H,23,25)/t19-/m0/s1. The van der Waals surface area contributed by atoms with E-state index in [0.29, 0.717) is 5.56 Å². The van der Waals surface area contributed by atoms with Crippen molar-refractivity contribution in [2.24, 2.45) is 0 Å². The van der Waals surface area contributed by atoms with Crippen LogP contribution >= 0.6 is 0 Å². The molecule has 2 N–H and O–H groups in total. The summed E-state index contributed by atoms with van der Waals surface area (Å²) in [5.41, 5.74) is 4.47. The summed E-state index contributed by atoms with van der Waals surface area (Å²) >= 11 is 0. The van der Waals surface area contributed by atoms with Crippen molar-refractivity contribution in [3.63, 3.8) is 0 Å². The average Bonchev–Trinajstić information content (AvgIpc) is 2.62. The number of nitrogens with zero attached hydrogens (tertiary/aromatic N) is 2. The van der Waals surface area contributed by atoms with Gasteiger partial charge in [-0.1, -0.05) is 23.8 Å². The average molecular weight is 333 g/mol. The number of aromatic hydroxyl groups is 1. The van der Waals surface area contributed by atoms with Crippen molar-refractivity contribution in [2.75, 3.05) is 0 Å². The van der Waals surface area contributed by atoms with Gasteiger partial charge in [0.15, 0.2) is 0 Å². The molecule has 3 rings (SSSR count). The molecule has 1 amide bonds. The molecule has 3 aromatic rings. The molecule has 1 aromatic carbocycles. The van der Waals surface area contributed by atoms with Crippen LogP contribution in [-0.4, -0.2) is 21.0 Å². The fourth-order valence-corrected chi connectivity index (χ4v) is 2.73. The van der Waals surface area contributed by atoms with Crippen LogP contribution in [0.3, 0.4) is 0 Å². The van der Waals surface area contributed by atoms with Crippen LogP contribution in [0.1, 0.15) is 38.7 Å². The van der Waals surface area contributed by atoms with Gasteiger partial charge in [0.05, 0.1) is 17.8 Å². The summed E-state index contributed by atoms with van der Waals surface area (Å²) in [4.78, 5) is 20.6. The van der Waals surface area contributed by atoms with Crippen LogP contribution in [0.5, 0.6) is 5.75 Å². The lowest BCUT2D eigenvalue weighted by Gasteiger charge is -2.22. The van der Waals surface area contributed by atoms with Crippen molar-refractivity contribution in [1.82, 2.24) is 15.3 Å². The fourth-order valence-electron chi connectivity index (χ4n) is 2.73. The van der Waals surface area contributed by atoms with Gasteiger partial charge in [-0.3, -0.25) is 14.8 Å². The maximum absolute atomic E-state index is 12.7. The highest BCUT2D eigenvalue weighted by Crippen LogP contribution is 2.26. The molecule has 126 valence electrons. The first-order valence-corrected chi connectivity index (χ1v) is 7.96. The third-order valence-electron chi connectivity index (χ3n) is 4.05. The summed E-state index contributed by atoms with van der Waals surface area (Å²) in [5, 5.41) is 12.6. The number of carbonyl (C=O) groups excluding carboxylic acids is 1. The fraction of sp³-hybridized carbons (Fsp3) is 0.150. The Morgan fingerprint density at radius 3 is 2.52 bits per heavy atom. The second-order valence-electron chi connectivity index (χ2n) is 5.98. The van der Waals surface area contributed by atoms with E-state index in [1.807, 2.05) is 38.1 Å². The van der Waals surface area contributed by atoms with Crippen LogP contribution in [0.4, 0.5) is 0 Å². The molecule has 25 heavy (non-hydrogen) atoms. The Morgan fingerprint density at radius 2 is 1.80 bits per heavy atom. The number of aryl methyl sites for hydroxylation is 2. The zero-order valence-corrected chi connectivity index (χ0v) is 14.1. The van der Waals surface area contributed by atoms with Gasteiger partial charge in [-0.2, -0.15) is 0 Å². The largest absolute Gasteiger partial charge is 0.506 e. The van der Waals surface area contributed by atoms with Gasteiger partial charge in [-0.25, -0.2) is 0 Å². The SMILES string of the molecule is Cc1ccc(C)c([C@@H](NC(=O)c2cncc(O)c2)c2ccncc2)c1. The Labute approximate surface area is 146 Å². The molecule has 0 bridgehead atoms. The Kier molecular flexibility index (Phi) is 4.75. The van der Waals surface area contributed by atoms with Crippen LogP contribution in [-0.2, 0) is 0 Å². The van der Waals surface area contributed by atoms with Crippen LogP contribution in [0.2, 0.25) is 0 Å². The molecule has 2 aromatic heterocycles. The van der Waals surface area contributed by atoms with Crippen molar-refractivity contribution in [2.45, 2.75) is 19.9 Å². The molecule has 0 fully saturated rings. The summed E-state index contributed by atoms with van der Waals surface area (Å²) in [7, 11) is 0. The van der Waals surface area contributed by atoms with E-state index in [1.54, 1.807) is 12.4 Å². The lowest BCUT2D eigenvalue weighted by Crippen LogP contribution is -2.30. The Morgan fingerprint density at radius 1 is 1.04 bits per heavy atom. The summed E-state index contributed by atoms with van der Waals surface area (Å²) < 4.78 is 0. The Balaban J connectivity index is 2.00. The molecule has 0 saturated heterocycles. The van der Waals surface area contributed by atoms with Gasteiger partial charge in [0.25, 0.3) is 5.91 Å². The number of benzene rings is 1. The number of hydrogen-bond donors (Lipinski definition) is 2. The molecular weight excluding hydrogens is 314 g/mol. The topological polar surface area (TPSA) is 75.1 Å². The first-order valence-electron chi connectivity index (χ1n) is 7.96. The van der Waals surface area contributed by atoms with Crippen LogP contribution in [0.15, 0.2) is 61.2 Å². The number of nitrogens with one attached hydrogen (secondary N) is 1. The molecule has 5 heteroatoms. The van der Waals surface area contributed by atoms with Gasteiger partial charge >= 0.3 is 0 Å².